The molecule has 1 saturated carbocycles. The number of aromatic nitrogens is 2. The van der Waals surface area contributed by atoms with Crippen molar-refractivity contribution in [2.75, 3.05) is 9.80 Å². The Morgan fingerprint density at radius 3 is 2.17 bits per heavy atom. The van der Waals surface area contributed by atoms with Crippen LogP contribution in [0.4, 0.5) is 23.0 Å². The Hall–Kier alpha value is -2.88. The van der Waals surface area contributed by atoms with Crippen LogP contribution in [0.5, 0.6) is 0 Å². The first-order valence-corrected chi connectivity index (χ1v) is 11.1. The third-order valence-electron chi connectivity index (χ3n) is 7.98. The van der Waals surface area contributed by atoms with E-state index in [4.69, 9.17) is 9.97 Å². The predicted molar refractivity (Wildman–Crippen MR) is 122 cm³/mol. The summed E-state index contributed by atoms with van der Waals surface area (Å²) in [4.78, 5) is 14.5. The van der Waals surface area contributed by atoms with Crippen LogP contribution in [0.3, 0.4) is 0 Å². The summed E-state index contributed by atoms with van der Waals surface area (Å²) in [5.74, 6) is 1.94. The van der Waals surface area contributed by atoms with Crippen LogP contribution < -0.4 is 9.80 Å². The maximum absolute atomic E-state index is 4.82. The number of benzene rings is 2. The molecule has 3 atom stereocenters. The summed E-state index contributed by atoms with van der Waals surface area (Å²) in [5, 5.41) is 0. The SMILES string of the molecule is CCc1ccc(N2c3nccnc3N3c4ccc(CC)cc4C4(C)CC4(C)C23)cc1. The van der Waals surface area contributed by atoms with Crippen LogP contribution in [0.15, 0.2) is 54.9 Å². The van der Waals surface area contributed by atoms with E-state index in [2.05, 4.69) is 80.0 Å². The summed E-state index contributed by atoms with van der Waals surface area (Å²) >= 11 is 0. The Morgan fingerprint density at radius 2 is 1.50 bits per heavy atom. The van der Waals surface area contributed by atoms with E-state index in [1.54, 1.807) is 0 Å². The van der Waals surface area contributed by atoms with Gasteiger partial charge in [0, 0.05) is 34.6 Å². The molecule has 1 aliphatic carbocycles. The van der Waals surface area contributed by atoms with Crippen LogP contribution >= 0.6 is 0 Å². The van der Waals surface area contributed by atoms with Gasteiger partial charge in [0.05, 0.1) is 0 Å². The van der Waals surface area contributed by atoms with Gasteiger partial charge in [-0.05, 0) is 54.2 Å². The van der Waals surface area contributed by atoms with Crippen LogP contribution in [-0.2, 0) is 18.3 Å². The molecule has 1 fully saturated rings. The number of nitrogens with zero attached hydrogens (tertiary/aromatic N) is 4. The second-order valence-corrected chi connectivity index (χ2v) is 9.47. The quantitative estimate of drug-likeness (QED) is 0.552. The summed E-state index contributed by atoms with van der Waals surface area (Å²) in [6.07, 6.45) is 7.12. The molecular formula is C26H28N4. The van der Waals surface area contributed by atoms with Crippen molar-refractivity contribution in [2.24, 2.45) is 5.41 Å². The number of rotatable bonds is 3. The van der Waals surface area contributed by atoms with Gasteiger partial charge in [-0.2, -0.15) is 0 Å². The first-order valence-electron chi connectivity index (χ1n) is 11.1. The van der Waals surface area contributed by atoms with Gasteiger partial charge in [-0.15, -0.1) is 0 Å². The molecule has 0 N–H and O–H groups in total. The molecule has 2 aromatic carbocycles. The number of hydrogen-bond acceptors (Lipinski definition) is 4. The van der Waals surface area contributed by atoms with Crippen molar-refractivity contribution in [1.82, 2.24) is 9.97 Å². The molecule has 3 aromatic rings. The van der Waals surface area contributed by atoms with Crippen LogP contribution in [0.25, 0.3) is 0 Å². The third kappa shape index (κ3) is 2.07. The first kappa shape index (κ1) is 17.9. The fraction of sp³-hybridized carbons (Fsp3) is 0.385. The van der Waals surface area contributed by atoms with Gasteiger partial charge in [0.15, 0.2) is 11.6 Å². The van der Waals surface area contributed by atoms with Crippen molar-refractivity contribution < 1.29 is 0 Å². The molecule has 3 aliphatic rings. The summed E-state index contributed by atoms with van der Waals surface area (Å²) in [6.45, 7) is 9.34. The molecule has 3 unspecified atom stereocenters. The molecule has 2 aliphatic heterocycles. The normalized spacial score (nSPS) is 27.9. The van der Waals surface area contributed by atoms with Gasteiger partial charge in [-0.3, -0.25) is 0 Å². The summed E-state index contributed by atoms with van der Waals surface area (Å²) in [6, 6.07) is 16.0. The maximum Gasteiger partial charge on any atom is 0.178 e. The molecule has 0 spiro atoms. The smallest absolute Gasteiger partial charge is 0.178 e. The molecule has 0 bridgehead atoms. The monoisotopic (exact) mass is 396 g/mol. The van der Waals surface area contributed by atoms with Gasteiger partial charge in [0.25, 0.3) is 0 Å². The molecule has 6 rings (SSSR count). The van der Waals surface area contributed by atoms with Crippen LogP contribution in [0.2, 0.25) is 0 Å². The zero-order valence-corrected chi connectivity index (χ0v) is 18.2. The highest BCUT2D eigenvalue weighted by atomic mass is 15.5. The standard InChI is InChI=1S/C26H28N4/c1-5-17-7-10-19(11-8-17)29-22-23(28-14-13-27-22)30-21-12-9-18(6-2)15-20(21)25(3)16-26(25,4)24(29)30/h7-15,24H,5-6,16H2,1-4H3. The highest BCUT2D eigenvalue weighted by Crippen LogP contribution is 2.74. The van der Waals surface area contributed by atoms with Gasteiger partial charge in [0.2, 0.25) is 0 Å². The van der Waals surface area contributed by atoms with E-state index >= 15 is 0 Å². The Balaban J connectivity index is 1.59. The van der Waals surface area contributed by atoms with Crippen molar-refractivity contribution in [3.05, 3.63) is 71.5 Å². The third-order valence-corrected chi connectivity index (χ3v) is 7.98. The average molecular weight is 397 g/mol. The van der Waals surface area contributed by atoms with Crippen molar-refractivity contribution >= 4 is 23.0 Å². The first-order chi connectivity index (χ1) is 14.5. The topological polar surface area (TPSA) is 32.3 Å². The van der Waals surface area contributed by atoms with Gasteiger partial charge in [0.1, 0.15) is 6.17 Å². The zero-order valence-electron chi connectivity index (χ0n) is 18.2. The lowest BCUT2D eigenvalue weighted by Crippen LogP contribution is -2.50. The van der Waals surface area contributed by atoms with Crippen LogP contribution in [0.1, 0.15) is 50.8 Å². The molecule has 30 heavy (non-hydrogen) atoms. The Kier molecular flexibility index (Phi) is 3.49. The average Bonchev–Trinajstić information content (AvgIpc) is 3.21. The van der Waals surface area contributed by atoms with E-state index in [-0.39, 0.29) is 17.0 Å². The molecule has 152 valence electrons. The lowest BCUT2D eigenvalue weighted by molar-refractivity contribution is 0.371. The fourth-order valence-electron chi connectivity index (χ4n) is 5.91. The van der Waals surface area contributed by atoms with Crippen molar-refractivity contribution in [1.29, 1.82) is 0 Å². The van der Waals surface area contributed by atoms with Gasteiger partial charge in [-0.25, -0.2) is 9.97 Å². The van der Waals surface area contributed by atoms with Gasteiger partial charge >= 0.3 is 0 Å². The van der Waals surface area contributed by atoms with E-state index in [9.17, 15) is 0 Å². The molecule has 1 aromatic heterocycles. The molecule has 0 saturated heterocycles. The van der Waals surface area contributed by atoms with E-state index in [1.165, 1.54) is 34.5 Å². The molecule has 4 nitrogen and oxygen atoms in total. The molecule has 3 heterocycles. The summed E-state index contributed by atoms with van der Waals surface area (Å²) < 4.78 is 0. The number of anilines is 4. The maximum atomic E-state index is 4.82. The van der Waals surface area contributed by atoms with E-state index in [0.717, 1.165) is 24.5 Å². The molecule has 4 heteroatoms. The Labute approximate surface area is 178 Å². The Bertz CT molecular complexity index is 1150. The summed E-state index contributed by atoms with van der Waals surface area (Å²) in [5.41, 5.74) is 7.05. The summed E-state index contributed by atoms with van der Waals surface area (Å²) in [7, 11) is 0. The molecular weight excluding hydrogens is 368 g/mol. The number of fused-ring (bicyclic) bond motifs is 8. The highest BCUT2D eigenvalue weighted by Gasteiger charge is 2.73. The minimum Gasteiger partial charge on any atom is -0.301 e. The van der Waals surface area contributed by atoms with Gasteiger partial charge < -0.3 is 9.80 Å². The lowest BCUT2D eigenvalue weighted by atomic mass is 9.80. The largest absolute Gasteiger partial charge is 0.301 e. The van der Waals surface area contributed by atoms with Crippen molar-refractivity contribution in [3.8, 4) is 0 Å². The second-order valence-electron chi connectivity index (χ2n) is 9.47. The molecule has 0 amide bonds. The second kappa shape index (κ2) is 5.84. The zero-order chi connectivity index (χ0) is 20.7. The number of hydrogen-bond donors (Lipinski definition) is 0. The number of aryl methyl sites for hydroxylation is 2. The van der Waals surface area contributed by atoms with Crippen LogP contribution in [0, 0.1) is 5.41 Å². The van der Waals surface area contributed by atoms with E-state index in [1.807, 2.05) is 12.4 Å². The highest BCUT2D eigenvalue weighted by molar-refractivity contribution is 5.88. The van der Waals surface area contributed by atoms with Crippen molar-refractivity contribution in [3.63, 3.8) is 0 Å². The fourth-order valence-corrected chi connectivity index (χ4v) is 5.91. The lowest BCUT2D eigenvalue weighted by Gasteiger charge is -2.44. The van der Waals surface area contributed by atoms with Crippen molar-refractivity contribution in [2.45, 2.75) is 58.5 Å². The van der Waals surface area contributed by atoms with Gasteiger partial charge in [-0.1, -0.05) is 52.0 Å². The molecule has 0 radical (unpaired) electrons. The Morgan fingerprint density at radius 1 is 0.867 bits per heavy atom. The predicted octanol–water partition coefficient (Wildman–Crippen LogP) is 5.90. The van der Waals surface area contributed by atoms with E-state index in [0.29, 0.717) is 0 Å². The minimum atomic E-state index is 0.137. The van der Waals surface area contributed by atoms with Crippen LogP contribution in [-0.4, -0.2) is 16.1 Å². The minimum absolute atomic E-state index is 0.137. The van der Waals surface area contributed by atoms with E-state index < -0.39 is 0 Å².